The van der Waals surface area contributed by atoms with Crippen molar-refractivity contribution in [3.05, 3.63) is 52.3 Å². The molecule has 0 bridgehead atoms. The number of nitrogens with one attached hydrogen (secondary N) is 1. The van der Waals surface area contributed by atoms with Gasteiger partial charge in [0.25, 0.3) is 0 Å². The van der Waals surface area contributed by atoms with Crippen LogP contribution in [0.2, 0.25) is 0 Å². The second kappa shape index (κ2) is 7.43. The Kier molecular flexibility index (Phi) is 5.59. The number of nitrogens with zero attached hydrogens (tertiary/aromatic N) is 1. The summed E-state index contributed by atoms with van der Waals surface area (Å²) in [5, 5.41) is 3.45. The fourth-order valence-electron chi connectivity index (χ4n) is 2.16. The number of aromatic nitrogens is 1. The lowest BCUT2D eigenvalue weighted by molar-refractivity contribution is 0.347. The first-order chi connectivity index (χ1) is 10.2. The molecule has 112 valence electrons. The van der Waals surface area contributed by atoms with Crippen LogP contribution in [0, 0.1) is 0 Å². The number of benzene rings is 1. The Morgan fingerprint density at radius 3 is 2.62 bits per heavy atom. The summed E-state index contributed by atoms with van der Waals surface area (Å²) in [4.78, 5) is 4.37. The van der Waals surface area contributed by atoms with Crippen LogP contribution < -0.4 is 14.8 Å². The molecule has 0 saturated heterocycles. The molecule has 0 aliphatic heterocycles. The SMILES string of the molecule is COc1ccnc(CN[C@@H](C)c2ccccc2Br)c1OC. The molecule has 1 N–H and O–H groups in total. The topological polar surface area (TPSA) is 43.4 Å². The molecular weight excluding hydrogens is 332 g/mol. The van der Waals surface area contributed by atoms with Crippen LogP contribution in [-0.4, -0.2) is 19.2 Å². The van der Waals surface area contributed by atoms with Gasteiger partial charge in [-0.05, 0) is 18.6 Å². The van der Waals surface area contributed by atoms with Gasteiger partial charge in [0.05, 0.1) is 19.9 Å². The highest BCUT2D eigenvalue weighted by Crippen LogP contribution is 2.29. The van der Waals surface area contributed by atoms with Gasteiger partial charge in [-0.1, -0.05) is 34.1 Å². The molecule has 0 unspecified atom stereocenters. The number of hydrogen-bond acceptors (Lipinski definition) is 4. The molecule has 21 heavy (non-hydrogen) atoms. The van der Waals surface area contributed by atoms with Crippen LogP contribution in [0.25, 0.3) is 0 Å². The standard InChI is InChI=1S/C16H19BrN2O2/c1-11(12-6-4-5-7-13(12)17)19-10-14-16(21-3)15(20-2)8-9-18-14/h4-9,11,19H,10H2,1-3H3/t11-/m0/s1. The predicted octanol–water partition coefficient (Wildman–Crippen LogP) is 3.71. The molecule has 1 aromatic carbocycles. The Morgan fingerprint density at radius 2 is 1.95 bits per heavy atom. The molecule has 2 aromatic rings. The average Bonchev–Trinajstić information content (AvgIpc) is 2.52. The maximum atomic E-state index is 5.39. The quantitative estimate of drug-likeness (QED) is 0.862. The molecule has 0 amide bonds. The second-order valence-electron chi connectivity index (χ2n) is 4.62. The van der Waals surface area contributed by atoms with Crippen molar-refractivity contribution in [2.24, 2.45) is 0 Å². The minimum atomic E-state index is 0.193. The van der Waals surface area contributed by atoms with Crippen molar-refractivity contribution < 1.29 is 9.47 Å². The molecule has 0 spiro atoms. The first kappa shape index (κ1) is 15.8. The zero-order valence-electron chi connectivity index (χ0n) is 12.4. The van der Waals surface area contributed by atoms with Gasteiger partial charge in [-0.3, -0.25) is 4.98 Å². The molecule has 1 atom stereocenters. The summed E-state index contributed by atoms with van der Waals surface area (Å²) in [6.07, 6.45) is 1.72. The van der Waals surface area contributed by atoms with E-state index in [2.05, 4.69) is 39.2 Å². The van der Waals surface area contributed by atoms with E-state index >= 15 is 0 Å². The van der Waals surface area contributed by atoms with Gasteiger partial charge in [0, 0.05) is 29.3 Å². The van der Waals surface area contributed by atoms with Crippen molar-refractivity contribution in [1.82, 2.24) is 10.3 Å². The summed E-state index contributed by atoms with van der Waals surface area (Å²) in [6, 6.07) is 10.2. The Morgan fingerprint density at radius 1 is 1.19 bits per heavy atom. The Labute approximate surface area is 133 Å². The summed E-state index contributed by atoms with van der Waals surface area (Å²) in [7, 11) is 3.25. The normalized spacial score (nSPS) is 12.0. The highest BCUT2D eigenvalue weighted by atomic mass is 79.9. The second-order valence-corrected chi connectivity index (χ2v) is 5.47. The van der Waals surface area contributed by atoms with E-state index in [4.69, 9.17) is 9.47 Å². The maximum Gasteiger partial charge on any atom is 0.183 e. The summed E-state index contributed by atoms with van der Waals surface area (Å²) in [5.74, 6) is 1.37. The molecule has 0 saturated carbocycles. The lowest BCUT2D eigenvalue weighted by atomic mass is 10.1. The van der Waals surface area contributed by atoms with Crippen LogP contribution in [0.5, 0.6) is 11.5 Å². The largest absolute Gasteiger partial charge is 0.493 e. The van der Waals surface area contributed by atoms with Crippen LogP contribution in [0.3, 0.4) is 0 Å². The van der Waals surface area contributed by atoms with Crippen molar-refractivity contribution >= 4 is 15.9 Å². The van der Waals surface area contributed by atoms with Crippen LogP contribution >= 0.6 is 15.9 Å². The highest BCUT2D eigenvalue weighted by Gasteiger charge is 2.13. The van der Waals surface area contributed by atoms with Gasteiger partial charge in [0.15, 0.2) is 11.5 Å². The van der Waals surface area contributed by atoms with Crippen molar-refractivity contribution in [1.29, 1.82) is 0 Å². The summed E-state index contributed by atoms with van der Waals surface area (Å²) in [5.41, 5.74) is 2.04. The monoisotopic (exact) mass is 350 g/mol. The summed E-state index contributed by atoms with van der Waals surface area (Å²) >= 11 is 3.57. The highest BCUT2D eigenvalue weighted by molar-refractivity contribution is 9.10. The van der Waals surface area contributed by atoms with Crippen LogP contribution in [0.1, 0.15) is 24.2 Å². The Hall–Kier alpha value is -1.59. The molecular formula is C16H19BrN2O2. The molecule has 0 aliphatic rings. The van der Waals surface area contributed by atoms with Crippen molar-refractivity contribution in [2.45, 2.75) is 19.5 Å². The predicted molar refractivity (Wildman–Crippen MR) is 86.7 cm³/mol. The third-order valence-electron chi connectivity index (χ3n) is 3.31. The van der Waals surface area contributed by atoms with Crippen LogP contribution in [-0.2, 0) is 6.54 Å². The minimum Gasteiger partial charge on any atom is -0.493 e. The van der Waals surface area contributed by atoms with Gasteiger partial charge in [0.1, 0.15) is 0 Å². The maximum absolute atomic E-state index is 5.39. The van der Waals surface area contributed by atoms with Gasteiger partial charge in [-0.25, -0.2) is 0 Å². The van der Waals surface area contributed by atoms with Crippen molar-refractivity contribution in [3.8, 4) is 11.5 Å². The van der Waals surface area contributed by atoms with E-state index in [0.717, 1.165) is 10.2 Å². The van der Waals surface area contributed by atoms with Gasteiger partial charge < -0.3 is 14.8 Å². The molecule has 1 heterocycles. The number of ether oxygens (including phenoxy) is 2. The number of pyridine rings is 1. The molecule has 0 aliphatic carbocycles. The molecule has 0 fully saturated rings. The van der Waals surface area contributed by atoms with Gasteiger partial charge >= 0.3 is 0 Å². The van der Waals surface area contributed by atoms with E-state index in [0.29, 0.717) is 18.0 Å². The summed E-state index contributed by atoms with van der Waals surface area (Å²) < 4.78 is 11.8. The molecule has 5 heteroatoms. The Balaban J connectivity index is 2.11. The third kappa shape index (κ3) is 3.74. The number of halogens is 1. The first-order valence-electron chi connectivity index (χ1n) is 6.71. The molecule has 2 rings (SSSR count). The number of methoxy groups -OCH3 is 2. The fraction of sp³-hybridized carbons (Fsp3) is 0.312. The van der Waals surface area contributed by atoms with E-state index < -0.39 is 0 Å². The van der Waals surface area contributed by atoms with Crippen LogP contribution in [0.15, 0.2) is 41.0 Å². The lowest BCUT2D eigenvalue weighted by Gasteiger charge is -2.17. The average molecular weight is 351 g/mol. The number of hydrogen-bond donors (Lipinski definition) is 1. The van der Waals surface area contributed by atoms with Crippen LogP contribution in [0.4, 0.5) is 0 Å². The Bertz CT molecular complexity index is 605. The minimum absolute atomic E-state index is 0.193. The first-order valence-corrected chi connectivity index (χ1v) is 7.50. The zero-order chi connectivity index (χ0) is 15.2. The van der Waals surface area contributed by atoms with Gasteiger partial charge in [-0.15, -0.1) is 0 Å². The number of rotatable bonds is 6. The smallest absolute Gasteiger partial charge is 0.183 e. The van der Waals surface area contributed by atoms with Crippen molar-refractivity contribution in [2.75, 3.05) is 14.2 Å². The molecule has 0 radical (unpaired) electrons. The fourth-order valence-corrected chi connectivity index (χ4v) is 2.79. The molecule has 1 aromatic heterocycles. The van der Waals surface area contributed by atoms with Gasteiger partial charge in [-0.2, -0.15) is 0 Å². The summed E-state index contributed by atoms with van der Waals surface area (Å²) in [6.45, 7) is 2.72. The third-order valence-corrected chi connectivity index (χ3v) is 4.04. The molecule has 4 nitrogen and oxygen atoms in total. The van der Waals surface area contributed by atoms with E-state index in [1.165, 1.54) is 5.56 Å². The zero-order valence-corrected chi connectivity index (χ0v) is 14.0. The van der Waals surface area contributed by atoms with E-state index in [-0.39, 0.29) is 6.04 Å². The lowest BCUT2D eigenvalue weighted by Crippen LogP contribution is -2.19. The van der Waals surface area contributed by atoms with Gasteiger partial charge in [0.2, 0.25) is 0 Å². The van der Waals surface area contributed by atoms with E-state index in [1.54, 1.807) is 26.5 Å². The van der Waals surface area contributed by atoms with E-state index in [1.807, 2.05) is 18.2 Å². The van der Waals surface area contributed by atoms with Crippen molar-refractivity contribution in [3.63, 3.8) is 0 Å². The van der Waals surface area contributed by atoms with E-state index in [9.17, 15) is 0 Å².